The molecule has 2 fully saturated rings. The quantitative estimate of drug-likeness (QED) is 0.878. The minimum atomic E-state index is -0.278. The Morgan fingerprint density at radius 2 is 2.15 bits per heavy atom. The first-order valence-corrected chi connectivity index (χ1v) is 9.19. The molecule has 1 aliphatic heterocycles. The number of hydrogen-bond acceptors (Lipinski definition) is 3. The molecule has 2 aliphatic rings. The molecule has 138 valence electrons. The normalized spacial score (nSPS) is 20.2. The lowest BCUT2D eigenvalue weighted by molar-refractivity contribution is 0.00701. The second-order valence-electron chi connectivity index (χ2n) is 6.88. The number of hydrogen-bond donors (Lipinski definition) is 1. The molecule has 1 N–H and O–H groups in total. The van der Waals surface area contributed by atoms with E-state index in [2.05, 4.69) is 5.32 Å². The topological polar surface area (TPSA) is 54.7 Å². The highest BCUT2D eigenvalue weighted by Gasteiger charge is 2.31. The van der Waals surface area contributed by atoms with E-state index in [1.165, 1.54) is 6.07 Å². The van der Waals surface area contributed by atoms with Crippen LogP contribution in [0.15, 0.2) is 34.7 Å². The van der Waals surface area contributed by atoms with Crippen molar-refractivity contribution in [3.8, 4) is 0 Å². The van der Waals surface area contributed by atoms with Crippen LogP contribution >= 0.6 is 0 Å². The van der Waals surface area contributed by atoms with Crippen LogP contribution in [0.4, 0.5) is 14.9 Å². The predicted octanol–water partition coefficient (Wildman–Crippen LogP) is 4.46. The predicted molar refractivity (Wildman–Crippen MR) is 95.7 cm³/mol. The van der Waals surface area contributed by atoms with Gasteiger partial charge in [-0.1, -0.05) is 13.0 Å². The van der Waals surface area contributed by atoms with Crippen LogP contribution in [0.2, 0.25) is 0 Å². The van der Waals surface area contributed by atoms with Gasteiger partial charge in [0, 0.05) is 18.7 Å². The maximum absolute atomic E-state index is 14.2. The standard InChI is InChI=1S/C20H23FN2O3/c1-2-15-6-8-19(26-15)18-12-25-10-9-23(18)20(24)22-14-5-7-16(13-3-4-13)17(21)11-14/h5-8,11,13,18H,2-4,9-10,12H2,1H3,(H,22,24)/t18-/m1/s1. The zero-order valence-corrected chi connectivity index (χ0v) is 14.8. The molecule has 1 aromatic heterocycles. The van der Waals surface area contributed by atoms with Gasteiger partial charge >= 0.3 is 6.03 Å². The van der Waals surface area contributed by atoms with Gasteiger partial charge in [-0.05, 0) is 48.6 Å². The lowest BCUT2D eigenvalue weighted by Crippen LogP contribution is -2.45. The van der Waals surface area contributed by atoms with E-state index in [0.29, 0.717) is 37.1 Å². The molecule has 0 unspecified atom stereocenters. The SMILES string of the molecule is CCc1ccc([C@H]2COCCN2C(=O)Nc2ccc(C3CC3)c(F)c2)o1. The molecule has 1 aromatic carbocycles. The second kappa shape index (κ2) is 7.11. The summed E-state index contributed by atoms with van der Waals surface area (Å²) in [5.41, 5.74) is 1.21. The molecule has 1 atom stereocenters. The minimum absolute atomic E-state index is 0.248. The molecule has 0 bridgehead atoms. The smallest absolute Gasteiger partial charge is 0.322 e. The Kier molecular flexibility index (Phi) is 4.68. The van der Waals surface area contributed by atoms with Crippen LogP contribution < -0.4 is 5.32 Å². The first-order chi connectivity index (χ1) is 12.7. The molecule has 2 heterocycles. The Bertz CT molecular complexity index is 800. The number of urea groups is 1. The molecular formula is C20H23FN2O3. The number of halogens is 1. The molecule has 4 rings (SSSR count). The number of nitrogens with one attached hydrogen (secondary N) is 1. The van der Waals surface area contributed by atoms with Crippen molar-refractivity contribution in [3.63, 3.8) is 0 Å². The monoisotopic (exact) mass is 358 g/mol. The summed E-state index contributed by atoms with van der Waals surface area (Å²) in [4.78, 5) is 14.5. The van der Waals surface area contributed by atoms with Crippen molar-refractivity contribution in [2.45, 2.75) is 38.1 Å². The lowest BCUT2D eigenvalue weighted by atomic mass is 10.1. The number of aryl methyl sites for hydroxylation is 1. The largest absolute Gasteiger partial charge is 0.464 e. The van der Waals surface area contributed by atoms with E-state index in [0.717, 1.165) is 30.6 Å². The molecule has 1 saturated carbocycles. The van der Waals surface area contributed by atoms with E-state index in [-0.39, 0.29) is 17.9 Å². The first kappa shape index (κ1) is 17.1. The van der Waals surface area contributed by atoms with Gasteiger partial charge in [-0.3, -0.25) is 0 Å². The molecule has 1 aliphatic carbocycles. The van der Waals surface area contributed by atoms with Crippen molar-refractivity contribution < 1.29 is 18.3 Å². The van der Waals surface area contributed by atoms with Crippen molar-refractivity contribution in [2.24, 2.45) is 0 Å². The Balaban J connectivity index is 1.49. The van der Waals surface area contributed by atoms with Gasteiger partial charge in [0.05, 0.1) is 13.2 Å². The van der Waals surface area contributed by atoms with Gasteiger partial charge in [0.2, 0.25) is 0 Å². The van der Waals surface area contributed by atoms with Gasteiger partial charge in [0.15, 0.2) is 0 Å². The van der Waals surface area contributed by atoms with Crippen molar-refractivity contribution >= 4 is 11.7 Å². The Labute approximate surface area is 152 Å². The van der Waals surface area contributed by atoms with Crippen molar-refractivity contribution in [1.29, 1.82) is 0 Å². The molecule has 5 nitrogen and oxygen atoms in total. The molecule has 0 radical (unpaired) electrons. The summed E-state index contributed by atoms with van der Waals surface area (Å²) in [5, 5.41) is 2.81. The zero-order chi connectivity index (χ0) is 18.1. The van der Waals surface area contributed by atoms with Crippen molar-refractivity contribution in [3.05, 3.63) is 53.2 Å². The van der Waals surface area contributed by atoms with Gasteiger partial charge in [0.1, 0.15) is 23.4 Å². The summed E-state index contributed by atoms with van der Waals surface area (Å²) in [5.74, 6) is 1.69. The fraction of sp³-hybridized carbons (Fsp3) is 0.450. The number of carbonyl (C=O) groups is 1. The van der Waals surface area contributed by atoms with E-state index in [9.17, 15) is 9.18 Å². The van der Waals surface area contributed by atoms with Crippen LogP contribution in [0.3, 0.4) is 0 Å². The summed E-state index contributed by atoms with van der Waals surface area (Å²) in [7, 11) is 0. The molecule has 2 amide bonds. The average Bonchev–Trinajstić information content (AvgIpc) is 3.38. The molecule has 6 heteroatoms. The fourth-order valence-electron chi connectivity index (χ4n) is 3.37. The highest BCUT2D eigenvalue weighted by molar-refractivity contribution is 5.89. The molecule has 0 spiro atoms. The van der Waals surface area contributed by atoms with Crippen LogP contribution in [0, 0.1) is 5.82 Å². The zero-order valence-electron chi connectivity index (χ0n) is 14.8. The number of furan rings is 1. The van der Waals surface area contributed by atoms with Gasteiger partial charge in [0.25, 0.3) is 0 Å². The molecule has 2 aromatic rings. The molecule has 1 saturated heterocycles. The third-order valence-corrected chi connectivity index (χ3v) is 5.02. The Morgan fingerprint density at radius 3 is 2.85 bits per heavy atom. The average molecular weight is 358 g/mol. The third-order valence-electron chi connectivity index (χ3n) is 5.02. The fourth-order valence-corrected chi connectivity index (χ4v) is 3.37. The number of benzene rings is 1. The third kappa shape index (κ3) is 3.46. The van der Waals surface area contributed by atoms with Gasteiger partial charge in [-0.25, -0.2) is 9.18 Å². The Hall–Kier alpha value is -2.34. The summed E-state index contributed by atoms with van der Waals surface area (Å²) in [6.07, 6.45) is 2.88. The van der Waals surface area contributed by atoms with Crippen LogP contribution in [0.25, 0.3) is 0 Å². The van der Waals surface area contributed by atoms with Gasteiger partial charge in [-0.2, -0.15) is 0 Å². The number of ether oxygens (including phenoxy) is 1. The summed E-state index contributed by atoms with van der Waals surface area (Å²) in [6.45, 7) is 3.34. The lowest BCUT2D eigenvalue weighted by Gasteiger charge is -2.34. The van der Waals surface area contributed by atoms with Gasteiger partial charge < -0.3 is 19.4 Å². The van der Waals surface area contributed by atoms with Crippen LogP contribution in [-0.2, 0) is 11.2 Å². The van der Waals surface area contributed by atoms with Crippen molar-refractivity contribution in [2.75, 3.05) is 25.1 Å². The summed E-state index contributed by atoms with van der Waals surface area (Å²) >= 11 is 0. The Morgan fingerprint density at radius 1 is 1.31 bits per heavy atom. The first-order valence-electron chi connectivity index (χ1n) is 9.19. The minimum Gasteiger partial charge on any atom is -0.464 e. The summed E-state index contributed by atoms with van der Waals surface area (Å²) in [6, 6.07) is 8.22. The van der Waals surface area contributed by atoms with E-state index >= 15 is 0 Å². The van der Waals surface area contributed by atoms with Crippen LogP contribution in [0.5, 0.6) is 0 Å². The van der Waals surface area contributed by atoms with E-state index in [1.54, 1.807) is 17.0 Å². The number of morpholine rings is 1. The maximum Gasteiger partial charge on any atom is 0.322 e. The van der Waals surface area contributed by atoms with Gasteiger partial charge in [-0.15, -0.1) is 0 Å². The highest BCUT2D eigenvalue weighted by Crippen LogP contribution is 2.41. The van der Waals surface area contributed by atoms with Crippen molar-refractivity contribution in [1.82, 2.24) is 4.90 Å². The van der Waals surface area contributed by atoms with E-state index in [4.69, 9.17) is 9.15 Å². The number of nitrogens with zero attached hydrogens (tertiary/aromatic N) is 1. The van der Waals surface area contributed by atoms with Crippen LogP contribution in [-0.4, -0.2) is 30.7 Å². The molecular weight excluding hydrogens is 335 g/mol. The maximum atomic E-state index is 14.2. The summed E-state index contributed by atoms with van der Waals surface area (Å²) < 4.78 is 25.6. The number of rotatable bonds is 4. The molecule has 26 heavy (non-hydrogen) atoms. The van der Waals surface area contributed by atoms with E-state index in [1.807, 2.05) is 19.1 Å². The highest BCUT2D eigenvalue weighted by atomic mass is 19.1. The number of carbonyl (C=O) groups excluding carboxylic acids is 1. The number of amides is 2. The number of anilines is 1. The van der Waals surface area contributed by atoms with Crippen LogP contribution in [0.1, 0.15) is 48.8 Å². The second-order valence-corrected chi connectivity index (χ2v) is 6.88. The van der Waals surface area contributed by atoms with E-state index < -0.39 is 0 Å².